The van der Waals surface area contributed by atoms with Crippen molar-refractivity contribution in [3.8, 4) is 6.07 Å². The van der Waals surface area contributed by atoms with E-state index in [1.807, 2.05) is 36.4 Å². The smallest absolute Gasteiger partial charge is 0.325 e. The van der Waals surface area contributed by atoms with Gasteiger partial charge in [-0.25, -0.2) is 9.89 Å². The summed E-state index contributed by atoms with van der Waals surface area (Å²) in [7, 11) is 0. The molecular formula is C20H19N5O2S. The van der Waals surface area contributed by atoms with Gasteiger partial charge in [0.2, 0.25) is 5.91 Å². The van der Waals surface area contributed by atoms with Gasteiger partial charge in [-0.3, -0.25) is 9.36 Å². The van der Waals surface area contributed by atoms with Crippen LogP contribution in [0, 0.1) is 11.3 Å². The lowest BCUT2D eigenvalue weighted by Crippen LogP contribution is -2.24. The van der Waals surface area contributed by atoms with Crippen molar-refractivity contribution < 1.29 is 4.79 Å². The number of anilines is 1. The average Bonchev–Trinajstić information content (AvgIpc) is 3.06. The number of carbonyl (C=O) groups is 1. The molecule has 1 unspecified atom stereocenters. The highest BCUT2D eigenvalue weighted by Gasteiger charge is 2.19. The van der Waals surface area contributed by atoms with E-state index in [4.69, 9.17) is 5.26 Å². The number of aryl methyl sites for hydroxylation is 1. The second-order valence-electron chi connectivity index (χ2n) is 6.14. The van der Waals surface area contributed by atoms with E-state index in [0.717, 1.165) is 5.56 Å². The predicted molar refractivity (Wildman–Crippen MR) is 108 cm³/mol. The summed E-state index contributed by atoms with van der Waals surface area (Å²) in [5, 5.41) is 18.2. The number of nitrogens with one attached hydrogen (secondary N) is 2. The zero-order chi connectivity index (χ0) is 19.9. The van der Waals surface area contributed by atoms with Crippen LogP contribution < -0.4 is 11.0 Å². The maximum absolute atomic E-state index is 12.5. The van der Waals surface area contributed by atoms with E-state index in [0.29, 0.717) is 29.4 Å². The van der Waals surface area contributed by atoms with Crippen LogP contribution >= 0.6 is 11.8 Å². The number of aromatic amines is 1. The number of nitrogens with zero attached hydrogens (tertiary/aromatic N) is 3. The van der Waals surface area contributed by atoms with E-state index >= 15 is 0 Å². The molecule has 0 fully saturated rings. The number of amides is 1. The van der Waals surface area contributed by atoms with E-state index in [1.165, 1.54) is 16.3 Å². The monoisotopic (exact) mass is 393 g/mol. The Bertz CT molecular complexity index is 1050. The quantitative estimate of drug-likeness (QED) is 0.601. The summed E-state index contributed by atoms with van der Waals surface area (Å²) >= 11 is 1.21. The molecule has 28 heavy (non-hydrogen) atoms. The lowest BCUT2D eigenvalue weighted by atomic mass is 10.1. The van der Waals surface area contributed by atoms with Crippen molar-refractivity contribution in [3.05, 3.63) is 76.2 Å². The van der Waals surface area contributed by atoms with E-state index in [-0.39, 0.29) is 11.6 Å². The third-order valence-corrected chi connectivity index (χ3v) is 5.19. The number of thioether (sulfide) groups is 1. The molecule has 2 aromatic carbocycles. The molecule has 0 saturated heterocycles. The third kappa shape index (κ3) is 4.90. The molecule has 1 aromatic heterocycles. The molecule has 0 radical (unpaired) electrons. The fourth-order valence-electron chi connectivity index (χ4n) is 2.60. The van der Waals surface area contributed by atoms with Gasteiger partial charge >= 0.3 is 5.69 Å². The normalized spacial score (nSPS) is 11.6. The molecule has 0 aliphatic carbocycles. The minimum atomic E-state index is -0.476. The van der Waals surface area contributed by atoms with Crippen molar-refractivity contribution in [3.63, 3.8) is 0 Å². The molecule has 8 heteroatoms. The number of aromatic nitrogens is 3. The van der Waals surface area contributed by atoms with Crippen LogP contribution in [0.2, 0.25) is 0 Å². The summed E-state index contributed by atoms with van der Waals surface area (Å²) in [4.78, 5) is 24.5. The lowest BCUT2D eigenvalue weighted by Gasteiger charge is -2.12. The van der Waals surface area contributed by atoms with Crippen LogP contribution in [0.15, 0.2) is 64.5 Å². The number of hydrogen-bond acceptors (Lipinski definition) is 5. The summed E-state index contributed by atoms with van der Waals surface area (Å²) in [6.07, 6.45) is 0.690. The molecule has 1 atom stereocenters. The highest BCUT2D eigenvalue weighted by molar-refractivity contribution is 8.00. The zero-order valence-electron chi connectivity index (χ0n) is 15.3. The Balaban J connectivity index is 1.65. The number of benzene rings is 2. The molecule has 1 amide bonds. The molecular weight excluding hydrogens is 374 g/mol. The van der Waals surface area contributed by atoms with Gasteiger partial charge in [-0.1, -0.05) is 48.2 Å². The second-order valence-corrected chi connectivity index (χ2v) is 7.45. The van der Waals surface area contributed by atoms with Gasteiger partial charge in [-0.05, 0) is 37.1 Å². The topological polar surface area (TPSA) is 104 Å². The summed E-state index contributed by atoms with van der Waals surface area (Å²) in [6, 6.07) is 18.6. The first-order chi connectivity index (χ1) is 13.6. The molecule has 0 aliphatic rings. The fraction of sp³-hybridized carbons (Fsp3) is 0.200. The van der Waals surface area contributed by atoms with E-state index in [9.17, 15) is 9.59 Å². The first kappa shape index (κ1) is 19.5. The maximum atomic E-state index is 12.5. The van der Waals surface area contributed by atoms with Crippen LogP contribution in [0.3, 0.4) is 0 Å². The highest BCUT2D eigenvalue weighted by Crippen LogP contribution is 2.22. The molecule has 0 aliphatic heterocycles. The predicted octanol–water partition coefficient (Wildman–Crippen LogP) is 2.81. The number of nitriles is 1. The van der Waals surface area contributed by atoms with Gasteiger partial charge in [0, 0.05) is 12.2 Å². The number of carbonyl (C=O) groups excluding carboxylic acids is 1. The van der Waals surface area contributed by atoms with Crippen molar-refractivity contribution in [2.45, 2.75) is 30.3 Å². The van der Waals surface area contributed by atoms with E-state index < -0.39 is 5.25 Å². The van der Waals surface area contributed by atoms with Gasteiger partial charge in [0.25, 0.3) is 0 Å². The van der Waals surface area contributed by atoms with Gasteiger partial charge in [0.15, 0.2) is 5.16 Å². The van der Waals surface area contributed by atoms with Crippen LogP contribution in [-0.4, -0.2) is 25.9 Å². The van der Waals surface area contributed by atoms with Gasteiger partial charge in [-0.15, -0.1) is 5.10 Å². The van der Waals surface area contributed by atoms with Gasteiger partial charge in [0.1, 0.15) is 0 Å². The molecule has 1 heterocycles. The summed E-state index contributed by atoms with van der Waals surface area (Å²) in [5.74, 6) is -0.231. The van der Waals surface area contributed by atoms with Crippen molar-refractivity contribution in [1.82, 2.24) is 14.8 Å². The minimum Gasteiger partial charge on any atom is -0.325 e. The Hall–Kier alpha value is -3.31. The Morgan fingerprint density at radius 3 is 2.82 bits per heavy atom. The van der Waals surface area contributed by atoms with Crippen molar-refractivity contribution in [1.29, 1.82) is 5.26 Å². The fourth-order valence-corrected chi connectivity index (χ4v) is 3.48. The SMILES string of the molecule is CC(Sc1n[nH]c(=O)n1CCc1ccccc1)C(=O)Nc1cccc(C#N)c1. The molecule has 0 spiro atoms. The lowest BCUT2D eigenvalue weighted by molar-refractivity contribution is -0.115. The van der Waals surface area contributed by atoms with E-state index in [2.05, 4.69) is 15.5 Å². The van der Waals surface area contributed by atoms with Crippen LogP contribution in [0.5, 0.6) is 0 Å². The molecule has 3 aromatic rings. The highest BCUT2D eigenvalue weighted by atomic mass is 32.2. The van der Waals surface area contributed by atoms with Crippen molar-refractivity contribution in [2.75, 3.05) is 5.32 Å². The summed E-state index contributed by atoms with van der Waals surface area (Å²) in [5.41, 5.74) is 1.85. The summed E-state index contributed by atoms with van der Waals surface area (Å²) in [6.45, 7) is 2.22. The Kier molecular flexibility index (Phi) is 6.29. The van der Waals surface area contributed by atoms with Crippen LogP contribution in [0.25, 0.3) is 0 Å². The molecule has 7 nitrogen and oxygen atoms in total. The van der Waals surface area contributed by atoms with Crippen molar-refractivity contribution in [2.24, 2.45) is 0 Å². The van der Waals surface area contributed by atoms with Gasteiger partial charge in [-0.2, -0.15) is 5.26 Å². The van der Waals surface area contributed by atoms with Crippen LogP contribution in [0.1, 0.15) is 18.1 Å². The molecule has 3 rings (SSSR count). The Morgan fingerprint density at radius 1 is 1.29 bits per heavy atom. The second kappa shape index (κ2) is 9.06. The first-order valence-corrected chi connectivity index (χ1v) is 9.61. The first-order valence-electron chi connectivity index (χ1n) is 8.73. The van der Waals surface area contributed by atoms with E-state index in [1.54, 1.807) is 31.2 Å². The Morgan fingerprint density at radius 2 is 2.07 bits per heavy atom. The maximum Gasteiger partial charge on any atom is 0.343 e. The molecule has 2 N–H and O–H groups in total. The minimum absolute atomic E-state index is 0.231. The Labute approximate surface area is 166 Å². The number of H-pyrrole nitrogens is 1. The molecule has 0 saturated carbocycles. The largest absolute Gasteiger partial charge is 0.343 e. The van der Waals surface area contributed by atoms with Crippen molar-refractivity contribution >= 4 is 23.4 Å². The van der Waals surface area contributed by atoms with Gasteiger partial charge < -0.3 is 5.32 Å². The molecule has 142 valence electrons. The number of rotatable bonds is 7. The third-order valence-electron chi connectivity index (χ3n) is 4.10. The zero-order valence-corrected chi connectivity index (χ0v) is 16.1. The van der Waals surface area contributed by atoms with Gasteiger partial charge in [0.05, 0.1) is 16.9 Å². The molecule has 0 bridgehead atoms. The van der Waals surface area contributed by atoms with Crippen LogP contribution in [-0.2, 0) is 17.8 Å². The average molecular weight is 393 g/mol. The number of hydrogen-bond donors (Lipinski definition) is 2. The van der Waals surface area contributed by atoms with Crippen LogP contribution in [0.4, 0.5) is 5.69 Å². The standard InChI is InChI=1S/C20H19N5O2S/c1-14(18(26)22-17-9-5-8-16(12-17)13-21)28-20-24-23-19(27)25(20)11-10-15-6-3-2-4-7-15/h2-9,12,14H,10-11H2,1H3,(H,22,26)(H,23,27). The summed E-state index contributed by atoms with van der Waals surface area (Å²) < 4.78 is 1.54.